The Hall–Kier alpha value is -0.275. The van der Waals surface area contributed by atoms with Crippen molar-refractivity contribution in [3.63, 3.8) is 0 Å². The van der Waals surface area contributed by atoms with Gasteiger partial charge < -0.3 is 9.31 Å². The Bertz CT molecular complexity index is 216. The fraction of sp³-hybridized carbons (Fsp3) is 0.846. The summed E-state index contributed by atoms with van der Waals surface area (Å²) >= 11 is 0. The van der Waals surface area contributed by atoms with Crippen molar-refractivity contribution in [2.75, 3.05) is 0 Å². The molecule has 0 aromatic rings. The second-order valence-corrected chi connectivity index (χ2v) is 5.43. The van der Waals surface area contributed by atoms with Crippen LogP contribution in [0.3, 0.4) is 0 Å². The van der Waals surface area contributed by atoms with E-state index in [0.717, 1.165) is 5.47 Å². The lowest BCUT2D eigenvalue weighted by Gasteiger charge is -2.32. The summed E-state index contributed by atoms with van der Waals surface area (Å²) in [5.74, 6) is 0. The maximum atomic E-state index is 5.70. The second kappa shape index (κ2) is 5.88. The molecule has 1 aliphatic rings. The van der Waals surface area contributed by atoms with Crippen molar-refractivity contribution in [2.24, 2.45) is 0 Å². The van der Waals surface area contributed by atoms with E-state index in [4.69, 9.17) is 9.31 Å². The van der Waals surface area contributed by atoms with Gasteiger partial charge in [0, 0.05) is 0 Å². The lowest BCUT2D eigenvalue weighted by molar-refractivity contribution is 0.00578. The molecule has 0 aromatic heterocycles. The first-order valence-corrected chi connectivity index (χ1v) is 6.19. The van der Waals surface area contributed by atoms with E-state index in [-0.39, 0.29) is 18.3 Å². The number of hydrogen-bond donors (Lipinski definition) is 0. The van der Waals surface area contributed by atoms with E-state index >= 15 is 0 Å². The van der Waals surface area contributed by atoms with Crippen LogP contribution in [0.4, 0.5) is 0 Å². The second-order valence-electron chi connectivity index (χ2n) is 5.43. The summed E-state index contributed by atoms with van der Waals surface area (Å²) in [6.07, 6.45) is 2.64. The van der Waals surface area contributed by atoms with Crippen molar-refractivity contribution in [2.45, 2.75) is 72.5 Å². The maximum Gasteiger partial charge on any atom is 0.489 e. The molecular formula is C13H27BO2. The van der Waals surface area contributed by atoms with E-state index in [2.05, 4.69) is 20.4 Å². The summed E-state index contributed by atoms with van der Waals surface area (Å²) in [5, 5.41) is 0. The molecular weight excluding hydrogens is 199 g/mol. The van der Waals surface area contributed by atoms with Crippen molar-refractivity contribution >= 4 is 7.12 Å². The van der Waals surface area contributed by atoms with E-state index < -0.39 is 0 Å². The Morgan fingerprint density at radius 1 is 1.00 bits per heavy atom. The highest BCUT2D eigenvalue weighted by molar-refractivity contribution is 6.54. The molecule has 0 aliphatic carbocycles. The van der Waals surface area contributed by atoms with Gasteiger partial charge in [-0.1, -0.05) is 32.2 Å². The predicted molar refractivity (Wildman–Crippen MR) is 71.5 cm³/mol. The quantitative estimate of drug-likeness (QED) is 0.662. The number of unbranched alkanes of at least 4 members (excludes halogenated alkanes) is 1. The summed E-state index contributed by atoms with van der Waals surface area (Å²) in [4.78, 5) is 0. The van der Waals surface area contributed by atoms with Crippen molar-refractivity contribution in [1.29, 1.82) is 0 Å². The van der Waals surface area contributed by atoms with Crippen molar-refractivity contribution in [1.82, 2.24) is 0 Å². The van der Waals surface area contributed by atoms with E-state index in [1.165, 1.54) is 12.8 Å². The zero-order chi connectivity index (χ0) is 13.0. The Kier molecular flexibility index (Phi) is 5.78. The summed E-state index contributed by atoms with van der Waals surface area (Å²) in [6.45, 7) is 18.2. The van der Waals surface area contributed by atoms with E-state index in [1.54, 1.807) is 0 Å². The molecule has 0 unspecified atom stereocenters. The molecule has 0 spiro atoms. The van der Waals surface area contributed by atoms with Crippen LogP contribution in [0.2, 0.25) is 0 Å². The van der Waals surface area contributed by atoms with Crippen LogP contribution in [-0.4, -0.2) is 18.3 Å². The third-order valence-electron chi connectivity index (χ3n) is 3.16. The van der Waals surface area contributed by atoms with Gasteiger partial charge in [-0.25, -0.2) is 0 Å². The number of allylic oxidation sites excluding steroid dienone is 1. The van der Waals surface area contributed by atoms with E-state index in [1.807, 2.05) is 34.6 Å². The normalized spacial score (nSPS) is 21.3. The lowest BCUT2D eigenvalue weighted by Crippen LogP contribution is -2.41. The predicted octanol–water partition coefficient (Wildman–Crippen LogP) is 4.00. The van der Waals surface area contributed by atoms with Gasteiger partial charge in [-0.3, -0.25) is 0 Å². The molecule has 0 saturated carbocycles. The Labute approximate surface area is 102 Å². The third-order valence-corrected chi connectivity index (χ3v) is 3.16. The standard InChI is InChI=1S/C9H17BO2.C4H10/c1-7(2)10-11-8(3,4)9(5,6)12-10;1-3-4-2/h1H2,2-6H3;3-4H2,1-2H3. The summed E-state index contributed by atoms with van der Waals surface area (Å²) in [5.41, 5.74) is 0.446. The topological polar surface area (TPSA) is 18.5 Å². The smallest absolute Gasteiger partial charge is 0.400 e. The SMILES string of the molecule is C=C(C)B1OC(C)(C)C(C)(C)O1.CCCC. The largest absolute Gasteiger partial charge is 0.489 e. The molecule has 1 saturated heterocycles. The van der Waals surface area contributed by atoms with Crippen LogP contribution in [-0.2, 0) is 9.31 Å². The highest BCUT2D eigenvalue weighted by Crippen LogP contribution is 2.37. The fourth-order valence-electron chi connectivity index (χ4n) is 1.04. The summed E-state index contributed by atoms with van der Waals surface area (Å²) in [6, 6.07) is 0. The number of rotatable bonds is 2. The van der Waals surface area contributed by atoms with Gasteiger partial charge in [0.05, 0.1) is 11.2 Å². The molecule has 0 atom stereocenters. The van der Waals surface area contributed by atoms with Gasteiger partial charge in [-0.2, -0.15) is 0 Å². The van der Waals surface area contributed by atoms with Gasteiger partial charge in [-0.15, -0.1) is 6.58 Å². The Balaban J connectivity index is 0.000000487. The molecule has 3 heteroatoms. The van der Waals surface area contributed by atoms with Crippen LogP contribution >= 0.6 is 0 Å². The van der Waals surface area contributed by atoms with Crippen LogP contribution in [0.1, 0.15) is 61.3 Å². The molecule has 1 rings (SSSR count). The average molecular weight is 226 g/mol. The Morgan fingerprint density at radius 3 is 1.44 bits per heavy atom. The molecule has 94 valence electrons. The zero-order valence-corrected chi connectivity index (χ0v) is 12.0. The van der Waals surface area contributed by atoms with Crippen LogP contribution in [0, 0.1) is 0 Å². The highest BCUT2D eigenvalue weighted by Gasteiger charge is 2.51. The minimum Gasteiger partial charge on any atom is -0.400 e. The van der Waals surface area contributed by atoms with Crippen molar-refractivity contribution in [3.8, 4) is 0 Å². The van der Waals surface area contributed by atoms with Gasteiger partial charge >= 0.3 is 7.12 Å². The van der Waals surface area contributed by atoms with Crippen LogP contribution in [0.25, 0.3) is 0 Å². The molecule has 0 aromatic carbocycles. The summed E-state index contributed by atoms with van der Waals surface area (Å²) in [7, 11) is -0.241. The molecule has 1 heterocycles. The van der Waals surface area contributed by atoms with E-state index in [9.17, 15) is 0 Å². The van der Waals surface area contributed by atoms with Crippen LogP contribution < -0.4 is 0 Å². The monoisotopic (exact) mass is 226 g/mol. The van der Waals surface area contributed by atoms with Gasteiger partial charge in [-0.05, 0) is 34.6 Å². The van der Waals surface area contributed by atoms with Crippen LogP contribution in [0.15, 0.2) is 12.1 Å². The van der Waals surface area contributed by atoms with Crippen molar-refractivity contribution in [3.05, 3.63) is 12.1 Å². The molecule has 0 radical (unpaired) electrons. The van der Waals surface area contributed by atoms with Gasteiger partial charge in [0.1, 0.15) is 0 Å². The Morgan fingerprint density at radius 2 is 1.31 bits per heavy atom. The first-order chi connectivity index (χ1) is 7.18. The van der Waals surface area contributed by atoms with Crippen LogP contribution in [0.5, 0.6) is 0 Å². The molecule has 0 bridgehead atoms. The van der Waals surface area contributed by atoms with Gasteiger partial charge in [0.25, 0.3) is 0 Å². The van der Waals surface area contributed by atoms with E-state index in [0.29, 0.717) is 0 Å². The van der Waals surface area contributed by atoms with Gasteiger partial charge in [0.15, 0.2) is 0 Å². The fourth-order valence-corrected chi connectivity index (χ4v) is 1.04. The molecule has 1 fully saturated rings. The van der Waals surface area contributed by atoms with Gasteiger partial charge in [0.2, 0.25) is 0 Å². The number of hydrogen-bond acceptors (Lipinski definition) is 2. The highest BCUT2D eigenvalue weighted by atomic mass is 16.7. The lowest BCUT2D eigenvalue weighted by atomic mass is 9.81. The summed E-state index contributed by atoms with van der Waals surface area (Å²) < 4.78 is 11.4. The average Bonchev–Trinajstić information content (AvgIpc) is 2.37. The first-order valence-electron chi connectivity index (χ1n) is 6.19. The first kappa shape index (κ1) is 15.7. The molecule has 16 heavy (non-hydrogen) atoms. The minimum absolute atomic E-state index is 0.239. The minimum atomic E-state index is -0.241. The molecule has 0 amide bonds. The van der Waals surface area contributed by atoms with Crippen molar-refractivity contribution < 1.29 is 9.31 Å². The molecule has 0 N–H and O–H groups in total. The molecule has 1 aliphatic heterocycles. The third kappa shape index (κ3) is 3.95. The maximum absolute atomic E-state index is 5.70. The zero-order valence-electron chi connectivity index (χ0n) is 12.0. The molecule has 2 nitrogen and oxygen atoms in total.